The molecule has 1 atom stereocenters. The fourth-order valence-electron chi connectivity index (χ4n) is 4.56. The highest BCUT2D eigenvalue weighted by Crippen LogP contribution is 2.44. The van der Waals surface area contributed by atoms with Crippen molar-refractivity contribution in [1.82, 2.24) is 15.2 Å². The zero-order chi connectivity index (χ0) is 21.2. The van der Waals surface area contributed by atoms with E-state index >= 15 is 0 Å². The van der Waals surface area contributed by atoms with Gasteiger partial charge in [-0.1, -0.05) is 48.5 Å². The van der Waals surface area contributed by atoms with Crippen LogP contribution in [0.5, 0.6) is 5.75 Å². The minimum atomic E-state index is -0.274. The van der Waals surface area contributed by atoms with Gasteiger partial charge < -0.3 is 19.7 Å². The van der Waals surface area contributed by atoms with Crippen LogP contribution in [0.25, 0.3) is 11.1 Å². The molecular weight excluding hydrogens is 461 g/mol. The molecule has 0 radical (unpaired) electrons. The predicted molar refractivity (Wildman–Crippen MR) is 133 cm³/mol. The fraction of sp³-hybridized carbons (Fsp3) is 0.280. The summed E-state index contributed by atoms with van der Waals surface area (Å²) in [6, 6.07) is 18.7. The molecule has 33 heavy (non-hydrogen) atoms. The molecule has 1 amide bonds. The summed E-state index contributed by atoms with van der Waals surface area (Å²) in [6.45, 7) is 2.18. The summed E-state index contributed by atoms with van der Waals surface area (Å²) in [5.41, 5.74) is 5.89. The number of aromatic nitrogens is 1. The van der Waals surface area contributed by atoms with Gasteiger partial charge in [0.25, 0.3) is 0 Å². The normalized spacial score (nSPS) is 16.6. The lowest BCUT2D eigenvalue weighted by Crippen LogP contribution is -2.48. The van der Waals surface area contributed by atoms with E-state index in [2.05, 4.69) is 46.7 Å². The van der Waals surface area contributed by atoms with E-state index in [0.717, 1.165) is 5.56 Å². The Labute approximate surface area is 206 Å². The number of halogens is 2. The van der Waals surface area contributed by atoms with E-state index in [-0.39, 0.29) is 42.9 Å². The molecule has 1 N–H and O–H groups in total. The fourth-order valence-corrected chi connectivity index (χ4v) is 4.56. The van der Waals surface area contributed by atoms with E-state index in [1.165, 1.54) is 22.3 Å². The molecule has 0 spiro atoms. The number of carbonyl (C=O) groups excluding carboxylic acids is 1. The van der Waals surface area contributed by atoms with Crippen LogP contribution >= 0.6 is 24.8 Å². The number of amides is 1. The summed E-state index contributed by atoms with van der Waals surface area (Å²) >= 11 is 0. The van der Waals surface area contributed by atoms with E-state index in [1.807, 2.05) is 18.2 Å². The quantitative estimate of drug-likeness (QED) is 0.570. The summed E-state index contributed by atoms with van der Waals surface area (Å²) in [5, 5.41) is 3.45. The second-order valence-electron chi connectivity index (χ2n) is 7.91. The highest BCUT2D eigenvalue weighted by molar-refractivity contribution is 5.85. The number of carbonyl (C=O) groups is 1. The molecular formula is C25H27Cl2N3O3. The van der Waals surface area contributed by atoms with Gasteiger partial charge in [0, 0.05) is 31.7 Å². The molecule has 8 heteroatoms. The Morgan fingerprint density at radius 2 is 1.73 bits per heavy atom. The number of rotatable bonds is 4. The number of nitrogens with zero attached hydrogens (tertiary/aromatic N) is 2. The maximum atomic E-state index is 12.9. The zero-order valence-corrected chi connectivity index (χ0v) is 19.9. The third kappa shape index (κ3) is 4.93. The Bertz CT molecular complexity index is 1070. The standard InChI is InChI=1S/C25H25N3O3.2ClH/c1-30-18-12-17(13-26-14-18)24-15-28(11-10-27-24)25(29)31-16-23-21-8-4-2-6-19(21)20-7-3-5-9-22(20)23;;/h2-9,12-14,23-24,27H,10-11,15-16H2,1H3;2*1H. The number of pyridine rings is 1. The second kappa shape index (κ2) is 10.9. The van der Waals surface area contributed by atoms with E-state index in [1.54, 1.807) is 24.4 Å². The molecule has 1 aliphatic carbocycles. The van der Waals surface area contributed by atoms with Crippen molar-refractivity contribution < 1.29 is 14.3 Å². The number of piperazine rings is 1. The first-order chi connectivity index (χ1) is 15.2. The van der Waals surface area contributed by atoms with Gasteiger partial charge in [-0.25, -0.2) is 4.79 Å². The molecule has 2 heterocycles. The van der Waals surface area contributed by atoms with Gasteiger partial charge in [-0.3, -0.25) is 4.98 Å². The Kier molecular flexibility index (Phi) is 8.19. The van der Waals surface area contributed by atoms with Crippen LogP contribution in [0.15, 0.2) is 67.0 Å². The molecule has 0 saturated carbocycles. The van der Waals surface area contributed by atoms with Crippen molar-refractivity contribution in [2.75, 3.05) is 33.4 Å². The third-order valence-corrected chi connectivity index (χ3v) is 6.14. The largest absolute Gasteiger partial charge is 0.495 e. The molecule has 1 aromatic heterocycles. The molecule has 5 rings (SSSR count). The lowest BCUT2D eigenvalue weighted by Gasteiger charge is -2.33. The molecule has 2 aliphatic rings. The molecule has 0 bridgehead atoms. The molecule has 1 aliphatic heterocycles. The second-order valence-corrected chi connectivity index (χ2v) is 7.91. The number of methoxy groups -OCH3 is 1. The van der Waals surface area contributed by atoms with Crippen molar-refractivity contribution in [3.05, 3.63) is 83.7 Å². The van der Waals surface area contributed by atoms with Crippen molar-refractivity contribution in [2.24, 2.45) is 0 Å². The van der Waals surface area contributed by atoms with Crippen molar-refractivity contribution in [3.8, 4) is 16.9 Å². The van der Waals surface area contributed by atoms with Crippen LogP contribution in [0, 0.1) is 0 Å². The molecule has 3 aromatic rings. The third-order valence-electron chi connectivity index (χ3n) is 6.14. The van der Waals surface area contributed by atoms with Crippen LogP contribution in [0.4, 0.5) is 4.79 Å². The van der Waals surface area contributed by atoms with Gasteiger partial charge in [-0.2, -0.15) is 0 Å². The number of hydrogen-bond donors (Lipinski definition) is 1. The van der Waals surface area contributed by atoms with Gasteiger partial charge >= 0.3 is 6.09 Å². The van der Waals surface area contributed by atoms with Crippen LogP contribution in [-0.4, -0.2) is 49.3 Å². The molecule has 2 aromatic carbocycles. The first kappa shape index (κ1) is 24.8. The number of fused-ring (bicyclic) bond motifs is 3. The van der Waals surface area contributed by atoms with Crippen molar-refractivity contribution in [1.29, 1.82) is 0 Å². The van der Waals surface area contributed by atoms with E-state index < -0.39 is 0 Å². The summed E-state index contributed by atoms with van der Waals surface area (Å²) in [6.07, 6.45) is 3.21. The van der Waals surface area contributed by atoms with Crippen LogP contribution < -0.4 is 10.1 Å². The van der Waals surface area contributed by atoms with Crippen LogP contribution in [0.3, 0.4) is 0 Å². The van der Waals surface area contributed by atoms with Gasteiger partial charge in [-0.15, -0.1) is 24.8 Å². The number of benzene rings is 2. The van der Waals surface area contributed by atoms with Crippen molar-refractivity contribution in [3.63, 3.8) is 0 Å². The van der Waals surface area contributed by atoms with E-state index in [0.29, 0.717) is 32.0 Å². The molecule has 6 nitrogen and oxygen atoms in total. The molecule has 174 valence electrons. The Hall–Kier alpha value is -2.80. The predicted octanol–water partition coefficient (Wildman–Crippen LogP) is 4.83. The Balaban J connectivity index is 0.00000153. The molecule has 1 saturated heterocycles. The van der Waals surface area contributed by atoms with Gasteiger partial charge in [0.2, 0.25) is 0 Å². The topological polar surface area (TPSA) is 63.7 Å². The van der Waals surface area contributed by atoms with E-state index in [9.17, 15) is 4.79 Å². The molecule has 1 unspecified atom stereocenters. The SMILES string of the molecule is COc1cncc(C2CN(C(=O)OCC3c4ccccc4-c4ccccc43)CCN2)c1.Cl.Cl. The monoisotopic (exact) mass is 487 g/mol. The number of nitrogens with one attached hydrogen (secondary N) is 1. The van der Waals surface area contributed by atoms with Crippen LogP contribution in [-0.2, 0) is 4.74 Å². The summed E-state index contributed by atoms with van der Waals surface area (Å²) < 4.78 is 11.1. The van der Waals surface area contributed by atoms with Crippen LogP contribution in [0.1, 0.15) is 28.7 Å². The summed E-state index contributed by atoms with van der Waals surface area (Å²) in [4.78, 5) is 18.9. The maximum absolute atomic E-state index is 12.9. The highest BCUT2D eigenvalue weighted by atomic mass is 35.5. The zero-order valence-electron chi connectivity index (χ0n) is 18.3. The maximum Gasteiger partial charge on any atom is 0.409 e. The average molecular weight is 488 g/mol. The van der Waals surface area contributed by atoms with Crippen molar-refractivity contribution in [2.45, 2.75) is 12.0 Å². The summed E-state index contributed by atoms with van der Waals surface area (Å²) in [7, 11) is 1.62. The van der Waals surface area contributed by atoms with Gasteiger partial charge in [-0.05, 0) is 33.9 Å². The minimum Gasteiger partial charge on any atom is -0.495 e. The van der Waals surface area contributed by atoms with Crippen molar-refractivity contribution >= 4 is 30.9 Å². The summed E-state index contributed by atoms with van der Waals surface area (Å²) in [5.74, 6) is 0.773. The van der Waals surface area contributed by atoms with E-state index in [4.69, 9.17) is 9.47 Å². The first-order valence-electron chi connectivity index (χ1n) is 10.6. The molecule has 1 fully saturated rings. The first-order valence-corrected chi connectivity index (χ1v) is 10.6. The smallest absolute Gasteiger partial charge is 0.409 e. The minimum absolute atomic E-state index is 0. The van der Waals surface area contributed by atoms with Crippen LogP contribution in [0.2, 0.25) is 0 Å². The lowest BCUT2D eigenvalue weighted by atomic mass is 9.98. The number of ether oxygens (including phenoxy) is 2. The van der Waals surface area contributed by atoms with Gasteiger partial charge in [0.05, 0.1) is 19.3 Å². The van der Waals surface area contributed by atoms with Gasteiger partial charge in [0.15, 0.2) is 0 Å². The lowest BCUT2D eigenvalue weighted by molar-refractivity contribution is 0.0882. The van der Waals surface area contributed by atoms with Gasteiger partial charge in [0.1, 0.15) is 12.4 Å². The highest BCUT2D eigenvalue weighted by Gasteiger charge is 2.31. The Morgan fingerprint density at radius 1 is 1.06 bits per heavy atom. The average Bonchev–Trinajstić information content (AvgIpc) is 3.16. The Morgan fingerprint density at radius 3 is 2.39 bits per heavy atom. The number of hydrogen-bond acceptors (Lipinski definition) is 5.